The fourth-order valence-corrected chi connectivity index (χ4v) is 5.09. The van der Waals surface area contributed by atoms with Gasteiger partial charge in [-0.25, -0.2) is 8.78 Å². The van der Waals surface area contributed by atoms with E-state index in [1.54, 1.807) is 18.3 Å². The van der Waals surface area contributed by atoms with Crippen molar-refractivity contribution >= 4 is 5.78 Å². The minimum absolute atomic E-state index is 0.00609. The third-order valence-electron chi connectivity index (χ3n) is 6.55. The summed E-state index contributed by atoms with van der Waals surface area (Å²) in [5.74, 6) is -1.23. The molecule has 0 aliphatic heterocycles. The molecule has 2 aliphatic carbocycles. The standard InChI is InChI=1S/C22H23F2N3O/c1-21(2)14-8-10-22(21,18(28)9-11-27(3)4)20-13(14)12-17(25-26-20)19-15(23)6-5-7-16(19)24/h5-7,9,11-12,14H,8,10H2,1-4H3/b11-9+/t14-,22-/m0/s1. The normalized spacial score (nSPS) is 24.6. The van der Waals surface area contributed by atoms with Crippen molar-refractivity contribution in [3.63, 3.8) is 0 Å². The molecule has 1 fully saturated rings. The van der Waals surface area contributed by atoms with Gasteiger partial charge in [-0.05, 0) is 54.0 Å². The molecule has 1 aromatic carbocycles. The van der Waals surface area contributed by atoms with E-state index in [0.717, 1.165) is 12.0 Å². The second-order valence-corrected chi connectivity index (χ2v) is 8.49. The van der Waals surface area contributed by atoms with Crippen LogP contribution in [0.25, 0.3) is 11.3 Å². The number of aromatic nitrogens is 2. The fourth-order valence-electron chi connectivity index (χ4n) is 5.09. The van der Waals surface area contributed by atoms with Crippen LogP contribution in [0.4, 0.5) is 8.78 Å². The van der Waals surface area contributed by atoms with Crippen molar-refractivity contribution < 1.29 is 13.6 Å². The summed E-state index contributed by atoms with van der Waals surface area (Å²) in [6.45, 7) is 4.16. The molecular weight excluding hydrogens is 360 g/mol. The molecule has 4 nitrogen and oxygen atoms in total. The highest BCUT2D eigenvalue weighted by Crippen LogP contribution is 2.67. The Kier molecular flexibility index (Phi) is 4.14. The predicted molar refractivity (Wildman–Crippen MR) is 103 cm³/mol. The van der Waals surface area contributed by atoms with Gasteiger partial charge in [-0.3, -0.25) is 4.79 Å². The smallest absolute Gasteiger partial charge is 0.169 e. The van der Waals surface area contributed by atoms with Crippen LogP contribution in [-0.4, -0.2) is 35.0 Å². The van der Waals surface area contributed by atoms with Crippen LogP contribution in [0.5, 0.6) is 0 Å². The summed E-state index contributed by atoms with van der Waals surface area (Å²) in [5.41, 5.74) is 0.441. The fraction of sp³-hybridized carbons (Fsp3) is 0.409. The van der Waals surface area contributed by atoms with Gasteiger partial charge < -0.3 is 4.90 Å². The number of nitrogens with zero attached hydrogens (tertiary/aromatic N) is 3. The Morgan fingerprint density at radius 1 is 1.21 bits per heavy atom. The van der Waals surface area contributed by atoms with Crippen molar-refractivity contribution in [2.45, 2.75) is 38.0 Å². The lowest BCUT2D eigenvalue weighted by molar-refractivity contribution is -0.122. The molecule has 0 unspecified atom stereocenters. The van der Waals surface area contributed by atoms with Crippen LogP contribution in [0.1, 0.15) is 43.9 Å². The van der Waals surface area contributed by atoms with Crippen molar-refractivity contribution in [3.8, 4) is 11.3 Å². The number of fused-ring (bicyclic) bond motifs is 5. The topological polar surface area (TPSA) is 46.1 Å². The highest BCUT2D eigenvalue weighted by molar-refractivity contribution is 6.01. The molecule has 1 saturated carbocycles. The minimum Gasteiger partial charge on any atom is -0.383 e. The number of ketones is 1. The predicted octanol–water partition coefficient (Wildman–Crippen LogP) is 4.22. The molecule has 2 aromatic rings. The van der Waals surface area contributed by atoms with Crippen LogP contribution in [0, 0.1) is 17.0 Å². The van der Waals surface area contributed by atoms with Gasteiger partial charge in [0.1, 0.15) is 11.6 Å². The number of carbonyl (C=O) groups is 1. The van der Waals surface area contributed by atoms with E-state index < -0.39 is 17.0 Å². The SMILES string of the molecule is CN(C)/C=C/C(=O)[C@@]12CC[C@@H](c3cc(-c4c(F)cccc4F)nnc31)C2(C)C. The first kappa shape index (κ1) is 18.7. The first-order valence-corrected chi connectivity index (χ1v) is 9.41. The zero-order valence-corrected chi connectivity index (χ0v) is 16.5. The van der Waals surface area contributed by atoms with Crippen molar-refractivity contribution in [1.29, 1.82) is 0 Å². The van der Waals surface area contributed by atoms with Gasteiger partial charge in [0.2, 0.25) is 0 Å². The van der Waals surface area contributed by atoms with E-state index >= 15 is 0 Å². The Bertz CT molecular complexity index is 979. The van der Waals surface area contributed by atoms with Crippen molar-refractivity contribution in [3.05, 3.63) is 59.4 Å². The van der Waals surface area contributed by atoms with Crippen LogP contribution in [0.2, 0.25) is 0 Å². The third kappa shape index (κ3) is 2.36. The van der Waals surface area contributed by atoms with Crippen LogP contribution >= 0.6 is 0 Å². The monoisotopic (exact) mass is 383 g/mol. The van der Waals surface area contributed by atoms with Gasteiger partial charge in [0.25, 0.3) is 0 Å². The molecule has 2 atom stereocenters. The summed E-state index contributed by atoms with van der Waals surface area (Å²) in [4.78, 5) is 15.1. The van der Waals surface area contributed by atoms with Gasteiger partial charge in [-0.15, -0.1) is 5.10 Å². The number of carbonyl (C=O) groups excluding carboxylic acids is 1. The highest BCUT2D eigenvalue weighted by Gasteiger charge is 2.66. The quantitative estimate of drug-likeness (QED) is 0.742. The Morgan fingerprint density at radius 3 is 2.54 bits per heavy atom. The van der Waals surface area contributed by atoms with Gasteiger partial charge in [-0.2, -0.15) is 5.10 Å². The van der Waals surface area contributed by atoms with Gasteiger partial charge in [-0.1, -0.05) is 19.9 Å². The summed E-state index contributed by atoms with van der Waals surface area (Å²) in [6.07, 6.45) is 4.89. The lowest BCUT2D eigenvalue weighted by atomic mass is 9.66. The summed E-state index contributed by atoms with van der Waals surface area (Å²) in [7, 11) is 3.73. The van der Waals surface area contributed by atoms with Crippen LogP contribution in [0.15, 0.2) is 36.5 Å². The first-order chi connectivity index (χ1) is 13.2. The molecule has 1 aromatic heterocycles. The summed E-state index contributed by atoms with van der Waals surface area (Å²) in [5, 5.41) is 8.50. The zero-order valence-electron chi connectivity index (χ0n) is 16.5. The Balaban J connectivity index is 1.86. The second-order valence-electron chi connectivity index (χ2n) is 8.49. The third-order valence-corrected chi connectivity index (χ3v) is 6.55. The molecule has 4 rings (SSSR count). The maximum absolute atomic E-state index is 14.2. The largest absolute Gasteiger partial charge is 0.383 e. The molecule has 0 amide bonds. The first-order valence-electron chi connectivity index (χ1n) is 9.41. The van der Waals surface area contributed by atoms with Crippen molar-refractivity contribution in [2.24, 2.45) is 5.41 Å². The molecule has 0 N–H and O–H groups in total. The summed E-state index contributed by atoms with van der Waals surface area (Å²) in [6, 6.07) is 5.46. The molecule has 0 saturated heterocycles. The molecule has 2 aliphatic rings. The molecule has 0 spiro atoms. The Labute approximate surface area is 163 Å². The number of hydrogen-bond donors (Lipinski definition) is 0. The maximum atomic E-state index is 14.2. The van der Waals surface area contributed by atoms with E-state index in [1.165, 1.54) is 18.2 Å². The van der Waals surface area contributed by atoms with Crippen LogP contribution in [0.3, 0.4) is 0 Å². The summed E-state index contributed by atoms with van der Waals surface area (Å²) >= 11 is 0. The van der Waals surface area contributed by atoms with E-state index in [9.17, 15) is 13.6 Å². The summed E-state index contributed by atoms with van der Waals surface area (Å²) < 4.78 is 28.5. The second kappa shape index (κ2) is 6.19. The molecular formula is C22H23F2N3O. The molecule has 146 valence electrons. The number of rotatable bonds is 4. The lowest BCUT2D eigenvalue weighted by Gasteiger charge is -2.35. The van der Waals surface area contributed by atoms with E-state index in [1.807, 2.05) is 19.0 Å². The molecule has 2 bridgehead atoms. The van der Waals surface area contributed by atoms with Gasteiger partial charge in [0, 0.05) is 20.3 Å². The van der Waals surface area contributed by atoms with Gasteiger partial charge in [0.05, 0.1) is 22.4 Å². The molecule has 0 radical (unpaired) electrons. The number of allylic oxidation sites excluding steroid dienone is 1. The number of hydrogen-bond acceptors (Lipinski definition) is 4. The van der Waals surface area contributed by atoms with E-state index in [-0.39, 0.29) is 28.4 Å². The van der Waals surface area contributed by atoms with Crippen molar-refractivity contribution in [2.75, 3.05) is 14.1 Å². The zero-order chi connectivity index (χ0) is 20.3. The Hall–Kier alpha value is -2.63. The van der Waals surface area contributed by atoms with Crippen molar-refractivity contribution in [1.82, 2.24) is 15.1 Å². The molecule has 1 heterocycles. The minimum atomic E-state index is -0.751. The van der Waals surface area contributed by atoms with Crippen LogP contribution in [-0.2, 0) is 10.2 Å². The average Bonchev–Trinajstić information content (AvgIpc) is 3.01. The number of benzene rings is 1. The highest BCUT2D eigenvalue weighted by atomic mass is 19.1. The maximum Gasteiger partial charge on any atom is 0.169 e. The molecule has 6 heteroatoms. The number of halogens is 2. The molecule has 28 heavy (non-hydrogen) atoms. The van der Waals surface area contributed by atoms with Gasteiger partial charge >= 0.3 is 0 Å². The van der Waals surface area contributed by atoms with E-state index in [2.05, 4.69) is 24.0 Å². The lowest BCUT2D eigenvalue weighted by Crippen LogP contribution is -2.42. The van der Waals surface area contributed by atoms with Gasteiger partial charge in [0.15, 0.2) is 5.78 Å². The van der Waals surface area contributed by atoms with E-state index in [0.29, 0.717) is 12.1 Å². The Morgan fingerprint density at radius 2 is 1.89 bits per heavy atom. The van der Waals surface area contributed by atoms with Crippen LogP contribution < -0.4 is 0 Å². The average molecular weight is 383 g/mol. The van der Waals surface area contributed by atoms with E-state index in [4.69, 9.17) is 0 Å².